The average molecular weight is 326 g/mol. The van der Waals surface area contributed by atoms with Gasteiger partial charge >= 0.3 is 0 Å². The van der Waals surface area contributed by atoms with Crippen molar-refractivity contribution in [2.24, 2.45) is 0 Å². The van der Waals surface area contributed by atoms with E-state index in [0.29, 0.717) is 12.3 Å². The number of hydrogen-bond acceptors (Lipinski definition) is 3. The van der Waals surface area contributed by atoms with E-state index in [1.807, 2.05) is 49.4 Å². The number of benzene rings is 2. The molecule has 0 spiro atoms. The predicted molar refractivity (Wildman–Crippen MR) is 92.6 cm³/mol. The Kier molecular flexibility index (Phi) is 6.37. The van der Waals surface area contributed by atoms with Crippen molar-refractivity contribution in [2.45, 2.75) is 13.5 Å². The van der Waals surface area contributed by atoms with Crippen LogP contribution in [-0.4, -0.2) is 36.9 Å². The lowest BCUT2D eigenvalue weighted by Gasteiger charge is -2.18. The highest BCUT2D eigenvalue weighted by atomic mass is 16.5. The Labute approximate surface area is 142 Å². The second-order valence-electron chi connectivity index (χ2n) is 5.55. The second kappa shape index (κ2) is 8.72. The van der Waals surface area contributed by atoms with Gasteiger partial charge in [-0.15, -0.1) is 0 Å². The van der Waals surface area contributed by atoms with Crippen LogP contribution < -0.4 is 10.1 Å². The molecule has 0 aliphatic heterocycles. The van der Waals surface area contributed by atoms with Crippen molar-refractivity contribution >= 4 is 11.8 Å². The van der Waals surface area contributed by atoms with Crippen LogP contribution in [0.25, 0.3) is 0 Å². The van der Waals surface area contributed by atoms with E-state index in [4.69, 9.17) is 4.74 Å². The van der Waals surface area contributed by atoms with E-state index in [9.17, 15) is 9.59 Å². The monoisotopic (exact) mass is 326 g/mol. The van der Waals surface area contributed by atoms with Crippen LogP contribution in [0.1, 0.15) is 11.1 Å². The number of amides is 2. The van der Waals surface area contributed by atoms with E-state index in [0.717, 1.165) is 11.1 Å². The molecule has 2 aromatic rings. The van der Waals surface area contributed by atoms with Gasteiger partial charge in [0.15, 0.2) is 6.61 Å². The van der Waals surface area contributed by atoms with Gasteiger partial charge in [0.1, 0.15) is 5.75 Å². The van der Waals surface area contributed by atoms with E-state index in [2.05, 4.69) is 5.32 Å². The fourth-order valence-corrected chi connectivity index (χ4v) is 2.16. The lowest BCUT2D eigenvalue weighted by Crippen LogP contribution is -2.39. The summed E-state index contributed by atoms with van der Waals surface area (Å²) < 4.78 is 5.33. The molecule has 2 rings (SSSR count). The number of para-hydroxylation sites is 1. The van der Waals surface area contributed by atoms with Crippen LogP contribution >= 0.6 is 0 Å². The molecular formula is C19H22N2O3. The summed E-state index contributed by atoms with van der Waals surface area (Å²) in [6.07, 6.45) is 0. The van der Waals surface area contributed by atoms with Crippen LogP contribution in [-0.2, 0) is 16.1 Å². The van der Waals surface area contributed by atoms with E-state index in [-0.39, 0.29) is 25.0 Å². The van der Waals surface area contributed by atoms with Gasteiger partial charge in [0.05, 0.1) is 6.54 Å². The third-order valence-electron chi connectivity index (χ3n) is 3.64. The van der Waals surface area contributed by atoms with Crippen molar-refractivity contribution in [3.8, 4) is 5.75 Å². The van der Waals surface area contributed by atoms with Gasteiger partial charge in [0, 0.05) is 13.6 Å². The molecular weight excluding hydrogens is 304 g/mol. The van der Waals surface area contributed by atoms with Gasteiger partial charge in [-0.1, -0.05) is 42.5 Å². The minimum atomic E-state index is -0.323. The summed E-state index contributed by atoms with van der Waals surface area (Å²) in [6.45, 7) is 2.37. The number of carbonyl (C=O) groups is 2. The molecule has 0 aliphatic carbocycles. The molecule has 0 aromatic heterocycles. The van der Waals surface area contributed by atoms with Gasteiger partial charge in [-0.25, -0.2) is 0 Å². The smallest absolute Gasteiger partial charge is 0.258 e. The summed E-state index contributed by atoms with van der Waals surface area (Å²) in [4.78, 5) is 25.5. The lowest BCUT2D eigenvalue weighted by atomic mass is 10.1. The molecule has 0 fully saturated rings. The lowest BCUT2D eigenvalue weighted by molar-refractivity contribution is -0.132. The minimum absolute atomic E-state index is 0.0423. The summed E-state index contributed by atoms with van der Waals surface area (Å²) in [5.74, 6) is 0.151. The summed E-state index contributed by atoms with van der Waals surface area (Å²) in [7, 11) is 1.72. The van der Waals surface area contributed by atoms with Gasteiger partial charge in [-0.2, -0.15) is 0 Å². The summed E-state index contributed by atoms with van der Waals surface area (Å²) in [5, 5.41) is 2.58. The summed E-state index contributed by atoms with van der Waals surface area (Å²) in [5.41, 5.74) is 2.23. The molecule has 2 amide bonds. The zero-order valence-corrected chi connectivity index (χ0v) is 14.0. The predicted octanol–water partition coefficient (Wildman–Crippen LogP) is 2.15. The fraction of sp³-hybridized carbons (Fsp3) is 0.263. The largest absolute Gasteiger partial charge is 0.484 e. The first-order valence-corrected chi connectivity index (χ1v) is 7.79. The van der Waals surface area contributed by atoms with Crippen molar-refractivity contribution in [1.82, 2.24) is 10.2 Å². The van der Waals surface area contributed by atoms with Crippen LogP contribution in [0, 0.1) is 6.92 Å². The Hall–Kier alpha value is -2.82. The SMILES string of the molecule is Cc1ccccc1CN(C)C(=O)CNC(=O)COc1ccccc1. The maximum atomic E-state index is 12.1. The standard InChI is InChI=1S/C19H22N2O3/c1-15-8-6-7-9-16(15)13-21(2)19(23)12-20-18(22)14-24-17-10-4-3-5-11-17/h3-11H,12-14H2,1-2H3,(H,20,22). The number of likely N-dealkylation sites (N-methyl/N-ethyl adjacent to an activating group) is 1. The first-order chi connectivity index (χ1) is 11.6. The number of hydrogen-bond donors (Lipinski definition) is 1. The second-order valence-corrected chi connectivity index (χ2v) is 5.55. The number of aryl methyl sites for hydroxylation is 1. The van der Waals surface area contributed by atoms with E-state index >= 15 is 0 Å². The molecule has 0 bridgehead atoms. The van der Waals surface area contributed by atoms with E-state index < -0.39 is 0 Å². The first kappa shape index (κ1) is 17.5. The number of nitrogens with zero attached hydrogens (tertiary/aromatic N) is 1. The van der Waals surface area contributed by atoms with Crippen molar-refractivity contribution < 1.29 is 14.3 Å². The fourth-order valence-electron chi connectivity index (χ4n) is 2.16. The molecule has 24 heavy (non-hydrogen) atoms. The maximum absolute atomic E-state index is 12.1. The number of ether oxygens (including phenoxy) is 1. The topological polar surface area (TPSA) is 58.6 Å². The molecule has 2 aromatic carbocycles. The Bertz CT molecular complexity index is 686. The van der Waals surface area contributed by atoms with Crippen LogP contribution in [0.5, 0.6) is 5.75 Å². The molecule has 0 heterocycles. The number of rotatable bonds is 7. The molecule has 5 nitrogen and oxygen atoms in total. The normalized spacial score (nSPS) is 10.1. The van der Waals surface area contributed by atoms with Gasteiger partial charge in [-0.05, 0) is 30.2 Å². The first-order valence-electron chi connectivity index (χ1n) is 7.79. The van der Waals surface area contributed by atoms with Crippen LogP contribution in [0.2, 0.25) is 0 Å². The summed E-state index contributed by atoms with van der Waals surface area (Å²) in [6, 6.07) is 17.0. The Morgan fingerprint density at radius 3 is 2.42 bits per heavy atom. The molecule has 126 valence electrons. The summed E-state index contributed by atoms with van der Waals surface area (Å²) >= 11 is 0. The van der Waals surface area contributed by atoms with Gasteiger partial charge in [-0.3, -0.25) is 9.59 Å². The van der Waals surface area contributed by atoms with Gasteiger partial charge < -0.3 is 15.0 Å². The molecule has 0 saturated heterocycles. The third-order valence-corrected chi connectivity index (χ3v) is 3.64. The molecule has 0 aliphatic rings. The molecule has 0 unspecified atom stereocenters. The van der Waals surface area contributed by atoms with Crippen molar-refractivity contribution in [1.29, 1.82) is 0 Å². The Morgan fingerprint density at radius 1 is 1.04 bits per heavy atom. The number of carbonyl (C=O) groups excluding carboxylic acids is 2. The van der Waals surface area contributed by atoms with Gasteiger partial charge in [0.2, 0.25) is 5.91 Å². The quantitative estimate of drug-likeness (QED) is 0.848. The molecule has 1 N–H and O–H groups in total. The van der Waals surface area contributed by atoms with Crippen LogP contribution in [0.4, 0.5) is 0 Å². The maximum Gasteiger partial charge on any atom is 0.258 e. The highest BCUT2D eigenvalue weighted by molar-refractivity contribution is 5.85. The Balaban J connectivity index is 1.73. The van der Waals surface area contributed by atoms with E-state index in [1.54, 1.807) is 24.1 Å². The van der Waals surface area contributed by atoms with Crippen molar-refractivity contribution in [2.75, 3.05) is 20.2 Å². The molecule has 0 saturated carbocycles. The van der Waals surface area contributed by atoms with Crippen molar-refractivity contribution in [3.63, 3.8) is 0 Å². The Morgan fingerprint density at radius 2 is 1.71 bits per heavy atom. The minimum Gasteiger partial charge on any atom is -0.484 e. The zero-order chi connectivity index (χ0) is 17.4. The van der Waals surface area contributed by atoms with Crippen LogP contribution in [0.3, 0.4) is 0 Å². The van der Waals surface area contributed by atoms with Gasteiger partial charge in [0.25, 0.3) is 5.91 Å². The average Bonchev–Trinajstić information content (AvgIpc) is 2.60. The molecule has 5 heteroatoms. The van der Waals surface area contributed by atoms with Crippen LogP contribution in [0.15, 0.2) is 54.6 Å². The highest BCUT2D eigenvalue weighted by Crippen LogP contribution is 2.09. The zero-order valence-electron chi connectivity index (χ0n) is 14.0. The molecule has 0 radical (unpaired) electrons. The third kappa shape index (κ3) is 5.43. The molecule has 0 atom stereocenters. The van der Waals surface area contributed by atoms with Crippen molar-refractivity contribution in [3.05, 3.63) is 65.7 Å². The highest BCUT2D eigenvalue weighted by Gasteiger charge is 2.12. The number of nitrogens with one attached hydrogen (secondary N) is 1. The van der Waals surface area contributed by atoms with E-state index in [1.165, 1.54) is 0 Å².